The maximum absolute atomic E-state index is 11.1. The van der Waals surface area contributed by atoms with Crippen LogP contribution in [0.4, 0.5) is 0 Å². The Morgan fingerprint density at radius 3 is 2.90 bits per heavy atom. The Balaban J connectivity index is 1.97. The van der Waals surface area contributed by atoms with Crippen molar-refractivity contribution in [2.75, 3.05) is 0 Å². The summed E-state index contributed by atoms with van der Waals surface area (Å²) in [6, 6.07) is 6.87. The quantitative estimate of drug-likeness (QED) is 0.786. The largest absolute Gasteiger partial charge is 0.478 e. The average molecular weight is 270 g/mol. The van der Waals surface area contributed by atoms with Gasteiger partial charge in [-0.1, -0.05) is 0 Å². The van der Waals surface area contributed by atoms with Gasteiger partial charge in [0.1, 0.15) is 5.82 Å². The minimum Gasteiger partial charge on any atom is -0.478 e. The van der Waals surface area contributed by atoms with Gasteiger partial charge in [-0.15, -0.1) is 0 Å². The van der Waals surface area contributed by atoms with Crippen LogP contribution in [-0.4, -0.2) is 30.4 Å². The molecule has 3 aromatic rings. The molecule has 0 atom stereocenters. The number of carboxylic acids is 1. The Bertz CT molecular complexity index is 759. The molecule has 0 aliphatic rings. The van der Waals surface area contributed by atoms with E-state index in [0.29, 0.717) is 6.54 Å². The highest BCUT2D eigenvalue weighted by Gasteiger charge is 2.10. The van der Waals surface area contributed by atoms with E-state index in [1.807, 2.05) is 28.4 Å². The molecule has 6 nitrogen and oxygen atoms in total. The molecule has 3 rings (SSSR count). The van der Waals surface area contributed by atoms with Crippen molar-refractivity contribution in [1.29, 1.82) is 0 Å². The first-order valence-corrected chi connectivity index (χ1v) is 6.33. The lowest BCUT2D eigenvalue weighted by atomic mass is 10.2. The van der Waals surface area contributed by atoms with Crippen LogP contribution in [0.2, 0.25) is 0 Å². The number of hydrogen-bond acceptors (Lipinski definition) is 3. The summed E-state index contributed by atoms with van der Waals surface area (Å²) in [6.45, 7) is 3.34. The molecule has 0 spiro atoms. The summed E-state index contributed by atoms with van der Waals surface area (Å²) < 4.78 is 3.86. The fourth-order valence-electron chi connectivity index (χ4n) is 2.29. The number of rotatable bonds is 4. The molecule has 0 aliphatic heterocycles. The fourth-order valence-corrected chi connectivity index (χ4v) is 2.29. The van der Waals surface area contributed by atoms with Crippen LogP contribution in [0.1, 0.15) is 16.2 Å². The SMILES string of the molecule is Cc1nc2ccc(C(=O)O)cc2n1CCn1cccn1. The van der Waals surface area contributed by atoms with Crippen LogP contribution in [0.15, 0.2) is 36.7 Å². The van der Waals surface area contributed by atoms with Crippen molar-refractivity contribution < 1.29 is 9.90 Å². The number of carbonyl (C=O) groups is 1. The van der Waals surface area contributed by atoms with Gasteiger partial charge in [0.2, 0.25) is 0 Å². The van der Waals surface area contributed by atoms with E-state index in [0.717, 1.165) is 23.4 Å². The second-order valence-electron chi connectivity index (χ2n) is 4.59. The second-order valence-corrected chi connectivity index (χ2v) is 4.59. The zero-order valence-corrected chi connectivity index (χ0v) is 11.0. The summed E-state index contributed by atoms with van der Waals surface area (Å²) in [5, 5.41) is 13.2. The first kappa shape index (κ1) is 12.4. The molecule has 0 amide bonds. The van der Waals surface area contributed by atoms with Crippen molar-refractivity contribution in [2.45, 2.75) is 20.0 Å². The average Bonchev–Trinajstić information content (AvgIpc) is 3.02. The normalized spacial score (nSPS) is 11.1. The fraction of sp³-hybridized carbons (Fsp3) is 0.214. The number of benzene rings is 1. The zero-order chi connectivity index (χ0) is 14.1. The van der Waals surface area contributed by atoms with E-state index >= 15 is 0 Å². The minimum atomic E-state index is -0.927. The molecule has 0 saturated carbocycles. The summed E-state index contributed by atoms with van der Waals surface area (Å²) in [4.78, 5) is 15.5. The highest BCUT2D eigenvalue weighted by molar-refractivity contribution is 5.92. The number of aromatic nitrogens is 4. The number of imidazole rings is 1. The third kappa shape index (κ3) is 2.16. The van der Waals surface area contributed by atoms with Gasteiger partial charge in [-0.3, -0.25) is 4.68 Å². The van der Waals surface area contributed by atoms with E-state index in [1.165, 1.54) is 0 Å². The summed E-state index contributed by atoms with van der Waals surface area (Å²) in [5.41, 5.74) is 1.93. The molecule has 0 unspecified atom stereocenters. The van der Waals surface area contributed by atoms with Gasteiger partial charge in [-0.25, -0.2) is 9.78 Å². The van der Waals surface area contributed by atoms with E-state index < -0.39 is 5.97 Å². The second kappa shape index (κ2) is 4.80. The van der Waals surface area contributed by atoms with Crippen molar-refractivity contribution >= 4 is 17.0 Å². The van der Waals surface area contributed by atoms with Crippen LogP contribution in [0, 0.1) is 6.92 Å². The smallest absolute Gasteiger partial charge is 0.335 e. The molecule has 2 heterocycles. The zero-order valence-electron chi connectivity index (χ0n) is 11.0. The van der Waals surface area contributed by atoms with Gasteiger partial charge in [-0.05, 0) is 31.2 Å². The highest BCUT2D eigenvalue weighted by Crippen LogP contribution is 2.18. The first-order chi connectivity index (χ1) is 9.65. The van der Waals surface area contributed by atoms with Gasteiger partial charge >= 0.3 is 5.97 Å². The Morgan fingerprint density at radius 1 is 1.35 bits per heavy atom. The Hall–Kier alpha value is -2.63. The number of aromatic carboxylic acids is 1. The Kier molecular flexibility index (Phi) is 2.98. The maximum atomic E-state index is 11.1. The number of carboxylic acid groups (broad SMARTS) is 1. The maximum Gasteiger partial charge on any atom is 0.335 e. The molecule has 0 aliphatic carbocycles. The third-order valence-corrected chi connectivity index (χ3v) is 3.30. The van der Waals surface area contributed by atoms with E-state index in [2.05, 4.69) is 10.1 Å². The van der Waals surface area contributed by atoms with Crippen LogP contribution in [0.25, 0.3) is 11.0 Å². The molecule has 0 fully saturated rings. The monoisotopic (exact) mass is 270 g/mol. The predicted octanol–water partition coefficient (Wildman–Crippen LogP) is 1.94. The van der Waals surface area contributed by atoms with Crippen LogP contribution in [0.3, 0.4) is 0 Å². The number of hydrogen-bond donors (Lipinski definition) is 1. The van der Waals surface area contributed by atoms with Crippen molar-refractivity contribution in [3.8, 4) is 0 Å². The van der Waals surface area contributed by atoms with Crippen molar-refractivity contribution in [2.24, 2.45) is 0 Å². The minimum absolute atomic E-state index is 0.276. The summed E-state index contributed by atoms with van der Waals surface area (Å²) in [7, 11) is 0. The van der Waals surface area contributed by atoms with Crippen molar-refractivity contribution in [1.82, 2.24) is 19.3 Å². The molecular weight excluding hydrogens is 256 g/mol. The molecule has 1 N–H and O–H groups in total. The highest BCUT2D eigenvalue weighted by atomic mass is 16.4. The first-order valence-electron chi connectivity index (χ1n) is 6.33. The van der Waals surface area contributed by atoms with E-state index in [9.17, 15) is 4.79 Å². The molecule has 102 valence electrons. The summed E-state index contributed by atoms with van der Waals surface area (Å²) in [6.07, 6.45) is 3.64. The molecule has 6 heteroatoms. The van der Waals surface area contributed by atoms with Crippen LogP contribution in [0.5, 0.6) is 0 Å². The number of aryl methyl sites for hydroxylation is 3. The van der Waals surface area contributed by atoms with Crippen molar-refractivity contribution in [3.05, 3.63) is 48.0 Å². The molecule has 0 bridgehead atoms. The Morgan fingerprint density at radius 2 is 2.20 bits per heavy atom. The predicted molar refractivity (Wildman–Crippen MR) is 73.7 cm³/mol. The number of fused-ring (bicyclic) bond motifs is 1. The topological polar surface area (TPSA) is 72.9 Å². The van der Waals surface area contributed by atoms with Gasteiger partial charge in [0.05, 0.1) is 23.1 Å². The lowest BCUT2D eigenvalue weighted by Gasteiger charge is -2.07. The van der Waals surface area contributed by atoms with Gasteiger partial charge in [0.15, 0.2) is 0 Å². The lowest BCUT2D eigenvalue weighted by molar-refractivity contribution is 0.0697. The van der Waals surface area contributed by atoms with Gasteiger partial charge < -0.3 is 9.67 Å². The molecule has 1 aromatic carbocycles. The molecule has 2 aromatic heterocycles. The summed E-state index contributed by atoms with van der Waals surface area (Å²) in [5.74, 6) is -0.0564. The van der Waals surface area contributed by atoms with Gasteiger partial charge in [0, 0.05) is 18.9 Å². The molecular formula is C14H14N4O2. The van der Waals surface area contributed by atoms with E-state index in [1.54, 1.807) is 24.4 Å². The van der Waals surface area contributed by atoms with E-state index in [4.69, 9.17) is 5.11 Å². The lowest BCUT2D eigenvalue weighted by Crippen LogP contribution is -2.09. The molecule has 0 radical (unpaired) electrons. The summed E-state index contributed by atoms with van der Waals surface area (Å²) >= 11 is 0. The van der Waals surface area contributed by atoms with Crippen LogP contribution >= 0.6 is 0 Å². The van der Waals surface area contributed by atoms with Crippen molar-refractivity contribution in [3.63, 3.8) is 0 Å². The van der Waals surface area contributed by atoms with Gasteiger partial charge in [-0.2, -0.15) is 5.10 Å². The van der Waals surface area contributed by atoms with E-state index in [-0.39, 0.29) is 5.56 Å². The van der Waals surface area contributed by atoms with Crippen LogP contribution < -0.4 is 0 Å². The van der Waals surface area contributed by atoms with Crippen LogP contribution in [-0.2, 0) is 13.1 Å². The number of nitrogens with zero attached hydrogens (tertiary/aromatic N) is 4. The standard InChI is InChI=1S/C14H14N4O2/c1-10-16-12-4-3-11(14(19)20)9-13(12)18(10)8-7-17-6-2-5-15-17/h2-6,9H,7-8H2,1H3,(H,19,20). The molecule has 20 heavy (non-hydrogen) atoms. The Labute approximate surface area is 115 Å². The molecule has 0 saturated heterocycles. The van der Waals surface area contributed by atoms with Gasteiger partial charge in [0.25, 0.3) is 0 Å². The third-order valence-electron chi connectivity index (χ3n) is 3.30.